The van der Waals surface area contributed by atoms with E-state index in [4.69, 9.17) is 14.0 Å². The van der Waals surface area contributed by atoms with Crippen molar-refractivity contribution in [2.24, 2.45) is 0 Å². The highest BCUT2D eigenvalue weighted by Gasteiger charge is 2.53. The zero-order valence-corrected chi connectivity index (χ0v) is 14.8. The molecule has 0 aromatic heterocycles. The van der Waals surface area contributed by atoms with Gasteiger partial charge in [-0.3, -0.25) is 10.1 Å². The van der Waals surface area contributed by atoms with Crippen LogP contribution in [0.1, 0.15) is 47.1 Å². The van der Waals surface area contributed by atoms with Crippen LogP contribution in [0.25, 0.3) is 0 Å². The van der Waals surface area contributed by atoms with E-state index in [1.165, 1.54) is 6.07 Å². The second-order valence-corrected chi connectivity index (χ2v) is 7.21. The first kappa shape index (κ1) is 17.8. The summed E-state index contributed by atoms with van der Waals surface area (Å²) < 4.78 is 17.8. The molecule has 1 aliphatic rings. The number of ether oxygens (including phenoxy) is 1. The van der Waals surface area contributed by atoms with Crippen LogP contribution >= 0.6 is 0 Å². The summed E-state index contributed by atoms with van der Waals surface area (Å²) in [7, 11) is -0.702. The molecule has 0 radical (unpaired) electrons. The van der Waals surface area contributed by atoms with E-state index < -0.39 is 23.2 Å². The fraction of sp³-hybridized carbons (Fsp3) is 0.625. The van der Waals surface area contributed by atoms with Crippen LogP contribution in [0.5, 0.6) is 5.75 Å². The van der Waals surface area contributed by atoms with Gasteiger partial charge in [-0.05, 0) is 54.0 Å². The van der Waals surface area contributed by atoms with E-state index in [0.717, 1.165) is 5.56 Å². The van der Waals surface area contributed by atoms with Gasteiger partial charge in [0.25, 0.3) is 0 Å². The molecule has 1 saturated heterocycles. The number of nitro groups is 1. The zero-order chi connectivity index (χ0) is 17.6. The molecular weight excluding hydrogens is 297 g/mol. The number of rotatable bonds is 4. The van der Waals surface area contributed by atoms with Crippen LogP contribution in [0.2, 0.25) is 0 Å². The average molecular weight is 321 g/mol. The maximum absolute atomic E-state index is 11.4. The fourth-order valence-corrected chi connectivity index (χ4v) is 2.43. The summed E-state index contributed by atoms with van der Waals surface area (Å²) in [6, 6.07) is 3.33. The molecule has 0 N–H and O–H groups in total. The van der Waals surface area contributed by atoms with Gasteiger partial charge in [0.05, 0.1) is 22.2 Å². The Balaban J connectivity index is 2.56. The molecule has 2 rings (SSSR count). The summed E-state index contributed by atoms with van der Waals surface area (Å²) >= 11 is 0. The average Bonchev–Trinajstić information content (AvgIpc) is 2.59. The summed E-state index contributed by atoms with van der Waals surface area (Å²) in [6.45, 7) is 13.2. The van der Waals surface area contributed by atoms with Gasteiger partial charge in [-0.25, -0.2) is 0 Å². The first-order valence-corrected chi connectivity index (χ1v) is 7.76. The van der Waals surface area contributed by atoms with E-state index in [0.29, 0.717) is 5.46 Å². The Morgan fingerprint density at radius 3 is 2.13 bits per heavy atom. The Labute approximate surface area is 137 Å². The van der Waals surface area contributed by atoms with Crippen LogP contribution in [0.15, 0.2) is 12.1 Å². The maximum atomic E-state index is 11.4. The van der Waals surface area contributed by atoms with Gasteiger partial charge in [-0.1, -0.05) is 6.07 Å². The molecule has 1 heterocycles. The predicted octanol–water partition coefficient (Wildman–Crippen LogP) is 2.99. The molecule has 1 aliphatic heterocycles. The topological polar surface area (TPSA) is 70.8 Å². The monoisotopic (exact) mass is 321 g/mol. The number of nitrogens with zero attached hydrogens (tertiary/aromatic N) is 1. The van der Waals surface area contributed by atoms with Crippen LogP contribution < -0.4 is 10.2 Å². The molecule has 126 valence electrons. The molecule has 0 amide bonds. The molecule has 0 bridgehead atoms. The van der Waals surface area contributed by atoms with Crippen LogP contribution in [0, 0.1) is 17.0 Å². The highest BCUT2D eigenvalue weighted by Crippen LogP contribution is 2.38. The number of hydrogen-bond donors (Lipinski definition) is 0. The molecule has 1 fully saturated rings. The number of aryl methyl sites for hydroxylation is 1. The minimum atomic E-state index is -0.702. The molecular formula is C16H24BNO5. The first-order chi connectivity index (χ1) is 10.4. The van der Waals surface area contributed by atoms with Gasteiger partial charge < -0.3 is 14.0 Å². The first-order valence-electron chi connectivity index (χ1n) is 7.76. The van der Waals surface area contributed by atoms with Gasteiger partial charge in [-0.2, -0.15) is 0 Å². The second kappa shape index (κ2) is 5.80. The van der Waals surface area contributed by atoms with E-state index in [1.54, 1.807) is 6.92 Å². The quantitative estimate of drug-likeness (QED) is 0.484. The second-order valence-electron chi connectivity index (χ2n) is 7.21. The molecule has 6 nitrogen and oxygen atoms in total. The highest BCUT2D eigenvalue weighted by molar-refractivity contribution is 6.63. The third kappa shape index (κ3) is 3.35. The van der Waals surface area contributed by atoms with Gasteiger partial charge >= 0.3 is 12.8 Å². The molecule has 0 aliphatic carbocycles. The molecule has 0 saturated carbocycles. The molecule has 0 unspecified atom stereocenters. The summed E-state index contributed by atoms with van der Waals surface area (Å²) in [4.78, 5) is 11.0. The minimum absolute atomic E-state index is 0.0663. The smallest absolute Gasteiger partial charge is 0.484 e. The van der Waals surface area contributed by atoms with Crippen molar-refractivity contribution in [3.05, 3.63) is 27.8 Å². The van der Waals surface area contributed by atoms with Gasteiger partial charge in [0, 0.05) is 11.5 Å². The molecule has 1 aromatic rings. The molecule has 23 heavy (non-hydrogen) atoms. The normalized spacial score (nSPS) is 19.2. The summed E-state index contributed by atoms with van der Waals surface area (Å²) in [5.74, 6) is 0.217. The van der Waals surface area contributed by atoms with E-state index in [9.17, 15) is 10.1 Å². The van der Waals surface area contributed by atoms with E-state index in [2.05, 4.69) is 0 Å². The fourth-order valence-electron chi connectivity index (χ4n) is 2.43. The Morgan fingerprint density at radius 1 is 1.17 bits per heavy atom. The molecule has 0 spiro atoms. The summed E-state index contributed by atoms with van der Waals surface area (Å²) in [5, 5.41) is 11.4. The zero-order valence-electron chi connectivity index (χ0n) is 14.8. The van der Waals surface area contributed by atoms with Crippen LogP contribution in [0.3, 0.4) is 0 Å². The van der Waals surface area contributed by atoms with Gasteiger partial charge in [0.15, 0.2) is 5.75 Å². The van der Waals surface area contributed by atoms with Crippen molar-refractivity contribution in [3.63, 3.8) is 0 Å². The molecule has 0 atom stereocenters. The Kier molecular flexibility index (Phi) is 4.48. The Morgan fingerprint density at radius 2 is 1.70 bits per heavy atom. The van der Waals surface area contributed by atoms with Crippen molar-refractivity contribution in [1.29, 1.82) is 0 Å². The van der Waals surface area contributed by atoms with Crippen molar-refractivity contribution in [2.45, 2.75) is 65.8 Å². The number of hydrogen-bond acceptors (Lipinski definition) is 5. The van der Waals surface area contributed by atoms with Crippen molar-refractivity contribution < 1.29 is 19.0 Å². The summed E-state index contributed by atoms with van der Waals surface area (Å²) in [6.07, 6.45) is -0.197. The summed E-state index contributed by atoms with van der Waals surface area (Å²) in [5.41, 5.74) is 0.210. The predicted molar refractivity (Wildman–Crippen MR) is 89.3 cm³/mol. The van der Waals surface area contributed by atoms with E-state index in [-0.39, 0.29) is 17.5 Å². The number of nitro benzene ring substituents is 1. The van der Waals surface area contributed by atoms with Gasteiger partial charge in [-0.15, -0.1) is 0 Å². The lowest BCUT2D eigenvalue weighted by Gasteiger charge is -2.32. The third-order valence-corrected chi connectivity index (χ3v) is 4.30. The maximum Gasteiger partial charge on any atom is 0.498 e. The van der Waals surface area contributed by atoms with Crippen LogP contribution in [0.4, 0.5) is 5.69 Å². The van der Waals surface area contributed by atoms with Crippen molar-refractivity contribution >= 4 is 18.3 Å². The van der Waals surface area contributed by atoms with Crippen molar-refractivity contribution in [3.8, 4) is 5.75 Å². The largest absolute Gasteiger partial charge is 0.498 e. The van der Waals surface area contributed by atoms with Crippen LogP contribution in [-0.4, -0.2) is 29.3 Å². The number of benzene rings is 1. The van der Waals surface area contributed by atoms with E-state index >= 15 is 0 Å². The minimum Gasteiger partial charge on any atom is -0.484 e. The van der Waals surface area contributed by atoms with Crippen LogP contribution in [-0.2, 0) is 9.31 Å². The SMILES string of the molecule is Cc1cc(B2OC(C)(C)C(C)(C)O2)c(OC(C)C)c([N+](=O)[O-])c1. The lowest BCUT2D eigenvalue weighted by atomic mass is 9.77. The van der Waals surface area contributed by atoms with Gasteiger partial charge in [0.2, 0.25) is 0 Å². The molecule has 1 aromatic carbocycles. The molecule has 7 heteroatoms. The van der Waals surface area contributed by atoms with Gasteiger partial charge in [0.1, 0.15) is 0 Å². The highest BCUT2D eigenvalue weighted by atomic mass is 16.7. The van der Waals surface area contributed by atoms with Crippen molar-refractivity contribution in [1.82, 2.24) is 0 Å². The van der Waals surface area contributed by atoms with E-state index in [1.807, 2.05) is 47.6 Å². The van der Waals surface area contributed by atoms with Crippen molar-refractivity contribution in [2.75, 3.05) is 0 Å². The third-order valence-electron chi connectivity index (χ3n) is 4.30. The lowest BCUT2D eigenvalue weighted by Crippen LogP contribution is -2.41. The standard InChI is InChI=1S/C16H24BNO5/c1-10(2)21-14-12(8-11(3)9-13(14)18(19)20)17-22-15(4,5)16(6,7)23-17/h8-10H,1-7H3. The Bertz CT molecular complexity index is 611. The lowest BCUT2D eigenvalue weighted by molar-refractivity contribution is -0.386. The Hall–Kier alpha value is -1.60.